The number of rotatable bonds is 5. The predicted molar refractivity (Wildman–Crippen MR) is 154 cm³/mol. The Morgan fingerprint density at radius 2 is 2.07 bits per heavy atom. The molecule has 1 saturated carbocycles. The number of alkyl halides is 1. The molecule has 0 radical (unpaired) electrons. The van der Waals surface area contributed by atoms with Gasteiger partial charge in [-0.3, -0.25) is 4.98 Å². The summed E-state index contributed by atoms with van der Waals surface area (Å²) in [7, 11) is 2.03. The molecule has 3 aliphatic rings. The molecule has 216 valence electrons. The molecule has 42 heavy (non-hydrogen) atoms. The highest BCUT2D eigenvalue weighted by molar-refractivity contribution is 6.03. The van der Waals surface area contributed by atoms with E-state index in [2.05, 4.69) is 25.8 Å². The molecule has 1 aliphatic carbocycles. The summed E-state index contributed by atoms with van der Waals surface area (Å²) < 4.78 is 57.8. The smallest absolute Gasteiger partial charge is 0.319 e. The molecule has 0 unspecified atom stereocenters. The number of hydrogen-bond acceptors (Lipinski definition) is 8. The number of likely N-dealkylation sites (N-methyl/N-ethyl adjacent to an activating group) is 1. The van der Waals surface area contributed by atoms with Gasteiger partial charge in [-0.05, 0) is 50.0 Å². The summed E-state index contributed by atoms with van der Waals surface area (Å²) >= 11 is 0. The Labute approximate surface area is 240 Å². The third-order valence-electron chi connectivity index (χ3n) is 8.66. The van der Waals surface area contributed by atoms with Crippen molar-refractivity contribution in [1.82, 2.24) is 19.9 Å². The summed E-state index contributed by atoms with van der Waals surface area (Å²) in [6.07, 6.45) is 8.06. The second-order valence-electron chi connectivity index (χ2n) is 11.2. The summed E-state index contributed by atoms with van der Waals surface area (Å²) in [4.78, 5) is 17.6. The molecule has 11 heteroatoms. The second-order valence-corrected chi connectivity index (χ2v) is 11.2. The lowest BCUT2D eigenvalue weighted by Gasteiger charge is -2.25. The van der Waals surface area contributed by atoms with Gasteiger partial charge in [0.1, 0.15) is 35.6 Å². The van der Waals surface area contributed by atoms with Crippen LogP contribution in [0.25, 0.3) is 32.9 Å². The molecule has 2 aromatic heterocycles. The van der Waals surface area contributed by atoms with E-state index in [0.29, 0.717) is 54.0 Å². The zero-order valence-electron chi connectivity index (χ0n) is 23.0. The lowest BCUT2D eigenvalue weighted by molar-refractivity contribution is 0.130. The normalized spacial score (nSPS) is 24.0. The van der Waals surface area contributed by atoms with E-state index in [0.717, 1.165) is 19.4 Å². The quantitative estimate of drug-likeness (QED) is 0.278. The fourth-order valence-electron chi connectivity index (χ4n) is 6.33. The predicted octanol–water partition coefficient (Wildman–Crippen LogP) is 4.33. The third-order valence-corrected chi connectivity index (χ3v) is 8.66. The van der Waals surface area contributed by atoms with Gasteiger partial charge in [-0.2, -0.15) is 9.97 Å². The van der Waals surface area contributed by atoms with Crippen LogP contribution < -0.4 is 15.4 Å². The monoisotopic (exact) mass is 574 g/mol. The highest BCUT2D eigenvalue weighted by atomic mass is 19.1. The number of fused-ring (bicyclic) bond motifs is 3. The maximum absolute atomic E-state index is 16.6. The number of likely N-dealkylation sites (tertiary alicyclic amines) is 1. The van der Waals surface area contributed by atoms with Crippen molar-refractivity contribution in [2.75, 3.05) is 50.6 Å². The number of nitrogens with zero attached hydrogens (tertiary/aromatic N) is 5. The topological polar surface area (TPSA) is 89.6 Å². The Balaban J connectivity index is 1.41. The first-order valence-electron chi connectivity index (χ1n) is 14.0. The average molecular weight is 575 g/mol. The van der Waals surface area contributed by atoms with Crippen LogP contribution in [0.15, 0.2) is 30.5 Å². The van der Waals surface area contributed by atoms with Crippen LogP contribution in [0.3, 0.4) is 0 Å². The molecular formula is C31H29F3N6O2. The molecule has 0 bridgehead atoms. The van der Waals surface area contributed by atoms with Gasteiger partial charge in [-0.1, -0.05) is 12.0 Å². The van der Waals surface area contributed by atoms with E-state index in [-0.39, 0.29) is 40.3 Å². The van der Waals surface area contributed by atoms with Gasteiger partial charge in [-0.25, -0.2) is 13.2 Å². The molecule has 7 rings (SSSR count). The van der Waals surface area contributed by atoms with E-state index in [4.69, 9.17) is 21.6 Å². The third kappa shape index (κ3) is 4.37. The van der Waals surface area contributed by atoms with Crippen molar-refractivity contribution in [2.45, 2.75) is 31.1 Å². The lowest BCUT2D eigenvalue weighted by Crippen LogP contribution is -2.32. The Bertz CT molecular complexity index is 1760. The summed E-state index contributed by atoms with van der Waals surface area (Å²) in [5.41, 5.74) is 6.56. The van der Waals surface area contributed by atoms with Crippen molar-refractivity contribution < 1.29 is 22.6 Å². The first-order chi connectivity index (χ1) is 20.4. The van der Waals surface area contributed by atoms with E-state index in [1.54, 1.807) is 6.07 Å². The minimum atomic E-state index is -1.08. The Morgan fingerprint density at radius 1 is 1.21 bits per heavy atom. The van der Waals surface area contributed by atoms with Gasteiger partial charge < -0.3 is 25.0 Å². The fraction of sp³-hybridized carbons (Fsp3) is 0.387. The van der Waals surface area contributed by atoms with Gasteiger partial charge in [0.05, 0.1) is 30.2 Å². The molecule has 2 N–H and O–H groups in total. The number of aromatic nitrogens is 3. The van der Waals surface area contributed by atoms with Gasteiger partial charge in [0, 0.05) is 41.3 Å². The number of nitrogen functional groups attached to an aromatic ring is 1. The minimum absolute atomic E-state index is 0.0144. The molecule has 0 amide bonds. The summed E-state index contributed by atoms with van der Waals surface area (Å²) in [5, 5.41) is 1.17. The molecule has 2 aromatic carbocycles. The largest absolute Gasteiger partial charge is 0.462 e. The Kier molecular flexibility index (Phi) is 6.55. The Hall–Kier alpha value is -4.14. The van der Waals surface area contributed by atoms with E-state index < -0.39 is 23.8 Å². The van der Waals surface area contributed by atoms with Crippen molar-refractivity contribution in [3.8, 4) is 29.6 Å². The standard InChI is InChI=1S/C31H29F3N6O2/c1-3-19-23(32)7-6-16-11-17(35)12-20(24(16)19)27-26(34)28-21(13-36-27)30(40-9-10-41-15-22-25(33)29(22)40)38-31(37-28)42-14-18-5-4-8-39(18)2/h1,6-7,11-13,18,22,25,29H,4-5,8-10,14-15,35H2,2H3/t18-,22-,25-,29-/m0/s1. The van der Waals surface area contributed by atoms with Gasteiger partial charge in [0.2, 0.25) is 0 Å². The molecule has 4 aromatic rings. The maximum atomic E-state index is 16.6. The van der Waals surface area contributed by atoms with Crippen molar-refractivity contribution in [1.29, 1.82) is 0 Å². The number of ether oxygens (including phenoxy) is 2. The molecular weight excluding hydrogens is 545 g/mol. The number of halogens is 3. The summed E-state index contributed by atoms with van der Waals surface area (Å²) in [5.74, 6) is 1.04. The Morgan fingerprint density at radius 3 is 2.86 bits per heavy atom. The van der Waals surface area contributed by atoms with Crippen LogP contribution in [0.2, 0.25) is 0 Å². The SMILES string of the molecule is C#Cc1c(F)ccc2cc(N)cc(-c3ncc4c(N5CCOC[C@H]6[C@H](F)[C@H]65)nc(OC[C@@H]5CCCN5C)nc4c3F)c12. The molecule has 8 nitrogen and oxygen atoms in total. The first kappa shape index (κ1) is 26.7. The highest BCUT2D eigenvalue weighted by Gasteiger charge is 2.56. The zero-order valence-corrected chi connectivity index (χ0v) is 23.0. The number of benzene rings is 2. The van der Waals surface area contributed by atoms with Crippen LogP contribution in [0.5, 0.6) is 6.01 Å². The number of hydrogen-bond donors (Lipinski definition) is 1. The molecule has 4 heterocycles. The van der Waals surface area contributed by atoms with Gasteiger partial charge in [-0.15, -0.1) is 6.42 Å². The fourth-order valence-corrected chi connectivity index (χ4v) is 6.33. The average Bonchev–Trinajstić information content (AvgIpc) is 3.52. The van der Waals surface area contributed by atoms with Crippen LogP contribution in [0.4, 0.5) is 24.7 Å². The summed E-state index contributed by atoms with van der Waals surface area (Å²) in [6.45, 7) is 2.35. The van der Waals surface area contributed by atoms with E-state index in [9.17, 15) is 8.78 Å². The van der Waals surface area contributed by atoms with E-state index in [1.165, 1.54) is 24.4 Å². The van der Waals surface area contributed by atoms with Crippen LogP contribution >= 0.6 is 0 Å². The molecule has 2 saturated heterocycles. The number of terminal acetylenes is 1. The van der Waals surface area contributed by atoms with E-state index >= 15 is 4.39 Å². The first-order valence-corrected chi connectivity index (χ1v) is 14.0. The zero-order chi connectivity index (χ0) is 29.1. The molecule has 4 atom stereocenters. The van der Waals surface area contributed by atoms with Crippen LogP contribution in [0.1, 0.15) is 18.4 Å². The highest BCUT2D eigenvalue weighted by Crippen LogP contribution is 2.45. The molecule has 2 aliphatic heterocycles. The maximum Gasteiger partial charge on any atom is 0.319 e. The van der Waals surface area contributed by atoms with Crippen LogP contribution in [-0.2, 0) is 4.74 Å². The van der Waals surface area contributed by atoms with Crippen molar-refractivity contribution in [2.24, 2.45) is 5.92 Å². The molecule has 3 fully saturated rings. The second kappa shape index (κ2) is 10.3. The lowest BCUT2D eigenvalue weighted by atomic mass is 9.95. The molecule has 0 spiro atoms. The van der Waals surface area contributed by atoms with Gasteiger partial charge in [0.25, 0.3) is 0 Å². The van der Waals surface area contributed by atoms with Gasteiger partial charge >= 0.3 is 6.01 Å². The number of pyridine rings is 1. The van der Waals surface area contributed by atoms with Crippen molar-refractivity contribution in [3.63, 3.8) is 0 Å². The minimum Gasteiger partial charge on any atom is -0.462 e. The number of nitrogens with two attached hydrogens (primary N) is 1. The van der Waals surface area contributed by atoms with E-state index in [1.807, 2.05) is 11.9 Å². The van der Waals surface area contributed by atoms with Crippen molar-refractivity contribution >= 4 is 33.2 Å². The van der Waals surface area contributed by atoms with Crippen LogP contribution in [-0.4, -0.2) is 78.1 Å². The van der Waals surface area contributed by atoms with Crippen LogP contribution in [0, 0.1) is 29.9 Å². The van der Waals surface area contributed by atoms with Gasteiger partial charge in [0.15, 0.2) is 5.82 Å². The number of anilines is 2. The van der Waals surface area contributed by atoms with Crippen molar-refractivity contribution in [3.05, 3.63) is 47.7 Å². The summed E-state index contributed by atoms with van der Waals surface area (Å²) in [6, 6.07) is 5.67.